The van der Waals surface area contributed by atoms with Crippen LogP contribution in [0.15, 0.2) is 90.0 Å². The van der Waals surface area contributed by atoms with E-state index in [0.717, 1.165) is 51.4 Å². The summed E-state index contributed by atoms with van der Waals surface area (Å²) in [5.74, 6) is -0.173. The third-order valence-corrected chi connectivity index (χ3v) is 6.94. The summed E-state index contributed by atoms with van der Waals surface area (Å²) in [5.41, 5.74) is 8.08. The van der Waals surface area contributed by atoms with Crippen molar-refractivity contribution in [2.45, 2.75) is 45.7 Å². The summed E-state index contributed by atoms with van der Waals surface area (Å²) in [7, 11) is 0. The van der Waals surface area contributed by atoms with Gasteiger partial charge in [0, 0.05) is 50.5 Å². The minimum Gasteiger partial charge on any atom is -0.297 e. The van der Waals surface area contributed by atoms with Crippen molar-refractivity contribution in [1.82, 2.24) is 15.2 Å². The molecule has 1 saturated heterocycles. The number of benzene rings is 3. The fourth-order valence-corrected chi connectivity index (χ4v) is 4.85. The van der Waals surface area contributed by atoms with Gasteiger partial charge in [-0.25, -0.2) is 5.43 Å². The highest BCUT2D eigenvalue weighted by Gasteiger charge is 2.21. The fourth-order valence-electron chi connectivity index (χ4n) is 4.85. The Morgan fingerprint density at radius 2 is 1.28 bits per heavy atom. The van der Waals surface area contributed by atoms with Crippen molar-refractivity contribution in [3.8, 4) is 0 Å². The highest BCUT2D eigenvalue weighted by Crippen LogP contribution is 2.27. The highest BCUT2D eigenvalue weighted by molar-refractivity contribution is 5.95. The number of piperazine rings is 1. The van der Waals surface area contributed by atoms with E-state index in [9.17, 15) is 4.79 Å². The first-order valence-electron chi connectivity index (χ1n) is 12.9. The van der Waals surface area contributed by atoms with Crippen LogP contribution in [0.2, 0.25) is 0 Å². The van der Waals surface area contributed by atoms with Crippen molar-refractivity contribution in [1.29, 1.82) is 0 Å². The van der Waals surface area contributed by atoms with Crippen molar-refractivity contribution >= 4 is 11.6 Å². The fraction of sp³-hybridized carbons (Fsp3) is 0.355. The van der Waals surface area contributed by atoms with E-state index in [1.165, 1.54) is 16.7 Å². The average molecular weight is 483 g/mol. The summed E-state index contributed by atoms with van der Waals surface area (Å²) in [5, 5.41) is 4.37. The first-order valence-corrected chi connectivity index (χ1v) is 12.9. The van der Waals surface area contributed by atoms with Gasteiger partial charge < -0.3 is 0 Å². The lowest BCUT2D eigenvalue weighted by atomic mass is 9.80. The molecule has 1 heterocycles. The van der Waals surface area contributed by atoms with Gasteiger partial charge in [-0.3, -0.25) is 14.6 Å². The molecule has 5 heteroatoms. The molecule has 0 saturated carbocycles. The molecule has 1 N–H and O–H groups in total. The Morgan fingerprint density at radius 3 is 1.83 bits per heavy atom. The summed E-state index contributed by atoms with van der Waals surface area (Å²) in [6.45, 7) is 12.6. The Balaban J connectivity index is 1.23. The monoisotopic (exact) mass is 482 g/mol. The van der Waals surface area contributed by atoms with E-state index in [1.807, 2.05) is 25.1 Å². The zero-order chi connectivity index (χ0) is 25.4. The van der Waals surface area contributed by atoms with E-state index in [1.54, 1.807) is 0 Å². The molecule has 1 aliphatic rings. The minimum atomic E-state index is -0.173. The number of hydrazone groups is 1. The van der Waals surface area contributed by atoms with E-state index >= 15 is 0 Å². The maximum Gasteiger partial charge on any atom is 0.271 e. The SMILES string of the molecule is C/C(CC(C)(C)c1ccccc1)=N/NC(=O)c1ccc(CN2CCN(Cc3ccccc3)CC2)cc1. The molecule has 0 radical (unpaired) electrons. The Bertz CT molecular complexity index is 1130. The number of carbonyl (C=O) groups excluding carboxylic acids is 1. The lowest BCUT2D eigenvalue weighted by Crippen LogP contribution is -2.45. The molecule has 5 nitrogen and oxygen atoms in total. The highest BCUT2D eigenvalue weighted by atomic mass is 16.2. The normalized spacial score (nSPS) is 15.6. The third-order valence-electron chi connectivity index (χ3n) is 6.94. The second-order valence-corrected chi connectivity index (χ2v) is 10.4. The molecular weight excluding hydrogens is 444 g/mol. The lowest BCUT2D eigenvalue weighted by Gasteiger charge is -2.34. The van der Waals surface area contributed by atoms with Gasteiger partial charge in [-0.2, -0.15) is 5.10 Å². The molecule has 188 valence electrons. The molecule has 3 aromatic rings. The second kappa shape index (κ2) is 12.1. The molecule has 0 unspecified atom stereocenters. The first kappa shape index (κ1) is 25.8. The molecular formula is C31H38N4O. The number of amides is 1. The van der Waals surface area contributed by atoms with E-state index in [4.69, 9.17) is 0 Å². The van der Waals surface area contributed by atoms with Crippen LogP contribution in [0.3, 0.4) is 0 Å². The molecule has 1 aliphatic heterocycles. The van der Waals surface area contributed by atoms with Crippen molar-refractivity contribution in [3.63, 3.8) is 0 Å². The van der Waals surface area contributed by atoms with Gasteiger partial charge in [-0.1, -0.05) is 86.6 Å². The van der Waals surface area contributed by atoms with Crippen LogP contribution in [-0.2, 0) is 18.5 Å². The first-order chi connectivity index (χ1) is 17.4. The predicted molar refractivity (Wildman–Crippen MR) is 148 cm³/mol. The maximum atomic E-state index is 12.6. The van der Waals surface area contributed by atoms with E-state index in [-0.39, 0.29) is 11.3 Å². The molecule has 0 aliphatic carbocycles. The number of rotatable bonds is 9. The van der Waals surface area contributed by atoms with Crippen LogP contribution in [0.25, 0.3) is 0 Å². The Hall–Kier alpha value is -3.28. The van der Waals surface area contributed by atoms with Crippen molar-refractivity contribution in [2.24, 2.45) is 5.10 Å². The second-order valence-electron chi connectivity index (χ2n) is 10.4. The summed E-state index contributed by atoms with van der Waals surface area (Å²) < 4.78 is 0. The van der Waals surface area contributed by atoms with Crippen LogP contribution in [0.5, 0.6) is 0 Å². The molecule has 0 aromatic heterocycles. The van der Waals surface area contributed by atoms with Crippen LogP contribution in [0.1, 0.15) is 54.2 Å². The summed E-state index contributed by atoms with van der Waals surface area (Å²) in [4.78, 5) is 17.6. The van der Waals surface area contributed by atoms with E-state index in [2.05, 4.69) is 101 Å². The zero-order valence-corrected chi connectivity index (χ0v) is 21.8. The van der Waals surface area contributed by atoms with Crippen molar-refractivity contribution in [2.75, 3.05) is 26.2 Å². The summed E-state index contributed by atoms with van der Waals surface area (Å²) in [6, 6.07) is 29.0. The largest absolute Gasteiger partial charge is 0.297 e. The van der Waals surface area contributed by atoms with E-state index in [0.29, 0.717) is 5.56 Å². The van der Waals surface area contributed by atoms with Gasteiger partial charge >= 0.3 is 0 Å². The van der Waals surface area contributed by atoms with Gasteiger partial charge in [0.1, 0.15) is 0 Å². The van der Waals surface area contributed by atoms with Gasteiger partial charge in [0.2, 0.25) is 0 Å². The van der Waals surface area contributed by atoms with Crippen LogP contribution in [0.4, 0.5) is 0 Å². The molecule has 36 heavy (non-hydrogen) atoms. The van der Waals surface area contributed by atoms with Gasteiger partial charge in [0.25, 0.3) is 5.91 Å². The number of nitrogens with zero attached hydrogens (tertiary/aromatic N) is 3. The molecule has 0 atom stereocenters. The van der Waals surface area contributed by atoms with Gasteiger partial charge in [-0.05, 0) is 47.6 Å². The number of hydrogen-bond donors (Lipinski definition) is 1. The Morgan fingerprint density at radius 1 is 0.778 bits per heavy atom. The molecule has 4 rings (SSSR count). The third kappa shape index (κ3) is 7.36. The number of hydrogen-bond acceptors (Lipinski definition) is 4. The standard InChI is InChI=1S/C31H38N4O/c1-25(22-31(2,3)29-12-8-5-9-13-29)32-33-30(36)28-16-14-27(15-17-28)24-35-20-18-34(19-21-35)23-26-10-6-4-7-11-26/h4-17H,18-24H2,1-3H3,(H,33,36)/b32-25-. The van der Waals surface area contributed by atoms with E-state index < -0.39 is 0 Å². The minimum absolute atomic E-state index is 0.0474. The Kier molecular flexibility index (Phi) is 8.68. The molecule has 0 spiro atoms. The maximum absolute atomic E-state index is 12.6. The number of carbonyl (C=O) groups is 1. The topological polar surface area (TPSA) is 47.9 Å². The van der Waals surface area contributed by atoms with Crippen molar-refractivity contribution in [3.05, 3.63) is 107 Å². The lowest BCUT2D eigenvalue weighted by molar-refractivity contribution is 0.0954. The zero-order valence-electron chi connectivity index (χ0n) is 21.8. The van der Waals surface area contributed by atoms with Crippen LogP contribution in [-0.4, -0.2) is 47.6 Å². The average Bonchev–Trinajstić information content (AvgIpc) is 2.90. The van der Waals surface area contributed by atoms with Crippen LogP contribution in [0, 0.1) is 0 Å². The summed E-state index contributed by atoms with van der Waals surface area (Å²) in [6.07, 6.45) is 0.773. The number of nitrogens with one attached hydrogen (secondary N) is 1. The molecule has 1 fully saturated rings. The molecule has 0 bridgehead atoms. The Labute approximate surface area is 215 Å². The van der Waals surface area contributed by atoms with Gasteiger partial charge in [0.05, 0.1) is 0 Å². The van der Waals surface area contributed by atoms with Gasteiger partial charge in [0.15, 0.2) is 0 Å². The predicted octanol–water partition coefficient (Wildman–Crippen LogP) is 5.48. The van der Waals surface area contributed by atoms with Crippen LogP contribution >= 0.6 is 0 Å². The van der Waals surface area contributed by atoms with Crippen molar-refractivity contribution < 1.29 is 4.79 Å². The van der Waals surface area contributed by atoms with Crippen LogP contribution < -0.4 is 5.43 Å². The molecule has 3 aromatic carbocycles. The quantitative estimate of drug-likeness (QED) is 0.325. The van der Waals surface area contributed by atoms with Gasteiger partial charge in [-0.15, -0.1) is 0 Å². The molecule has 1 amide bonds. The summed E-state index contributed by atoms with van der Waals surface area (Å²) >= 11 is 0. The smallest absolute Gasteiger partial charge is 0.271 e.